The van der Waals surface area contributed by atoms with Crippen LogP contribution in [0, 0.1) is 0 Å². The first-order valence-corrected chi connectivity index (χ1v) is 6.29. The predicted octanol–water partition coefficient (Wildman–Crippen LogP) is -0.592. The molecule has 2 aromatic heterocycles. The van der Waals surface area contributed by atoms with E-state index in [4.69, 9.17) is 10.2 Å². The molecule has 4 N–H and O–H groups in total. The first kappa shape index (κ1) is 28.1. The van der Waals surface area contributed by atoms with Gasteiger partial charge in [-0.2, -0.15) is 0 Å². The molecule has 0 saturated carbocycles. The number of hydrogen-bond acceptors (Lipinski definition) is 6. The van der Waals surface area contributed by atoms with Crippen LogP contribution in [0.25, 0.3) is 11.3 Å². The molecule has 0 unspecified atom stereocenters. The molecule has 1 aliphatic rings. The molecule has 3 rings (SSSR count). The Morgan fingerprint density at radius 3 is 1.93 bits per heavy atom. The summed E-state index contributed by atoms with van der Waals surface area (Å²) >= 11 is 0. The fourth-order valence-corrected chi connectivity index (χ4v) is 2.42. The molecule has 0 saturated heterocycles. The number of carbonyl (C=O) groups is 5. The van der Waals surface area contributed by atoms with Gasteiger partial charge in [0.2, 0.25) is 5.78 Å². The summed E-state index contributed by atoms with van der Waals surface area (Å²) in [5.74, 6) is -6.87. The second-order valence-electron chi connectivity index (χ2n) is 4.82. The van der Waals surface area contributed by atoms with Gasteiger partial charge in [-0.1, -0.05) is 0 Å². The maximum Gasteiger partial charge on any atom is 0.354 e. The van der Waals surface area contributed by atoms with Crippen molar-refractivity contribution in [3.05, 3.63) is 40.3 Å². The number of nitrogens with one attached hydrogen (secondary N) is 1. The Bertz CT molecular complexity index is 998. The van der Waals surface area contributed by atoms with Crippen molar-refractivity contribution in [1.29, 1.82) is 0 Å². The molecule has 2 aromatic rings. The van der Waals surface area contributed by atoms with Crippen LogP contribution >= 0.6 is 0 Å². The average Bonchev–Trinajstić information content (AvgIpc) is 2.96. The van der Waals surface area contributed by atoms with Gasteiger partial charge in [0.1, 0.15) is 17.1 Å². The standard InChI is InChI=1S/C14H6N2O8.3K/c17-10-4-2-6(14(23)24)15-8(4)7-3(12(19)20)1-5(13(21)22)16-9(7)11(10)18;;;/h1-2,15H,(H,19,20)(H,21,22)(H,23,24);;;. The summed E-state index contributed by atoms with van der Waals surface area (Å²) in [5.41, 5.74) is -3.21. The van der Waals surface area contributed by atoms with Crippen molar-refractivity contribution in [2.24, 2.45) is 0 Å². The van der Waals surface area contributed by atoms with Gasteiger partial charge in [0.05, 0.1) is 16.8 Å². The Balaban J connectivity index is 0.00000225. The van der Waals surface area contributed by atoms with Gasteiger partial charge in [-0.15, -0.1) is 0 Å². The molecule has 0 spiro atoms. The molecular formula is C14H6K3N2O8. The number of Topliss-reactive ketones (excluding diaryl/α,β-unsaturated/α-hetero) is 2. The van der Waals surface area contributed by atoms with E-state index in [1.54, 1.807) is 0 Å². The Morgan fingerprint density at radius 1 is 0.852 bits per heavy atom. The number of pyridine rings is 1. The van der Waals surface area contributed by atoms with Gasteiger partial charge in [0.15, 0.2) is 0 Å². The topological polar surface area (TPSA) is 175 Å². The Labute approximate surface area is 278 Å². The van der Waals surface area contributed by atoms with E-state index in [0.29, 0.717) is 0 Å². The minimum absolute atomic E-state index is 0. The van der Waals surface area contributed by atoms with Crippen LogP contribution in [0.4, 0.5) is 0 Å². The summed E-state index contributed by atoms with van der Waals surface area (Å²) in [7, 11) is 0. The van der Waals surface area contributed by atoms with Crippen molar-refractivity contribution >= 4 is 184 Å². The number of hydrogen-bond donors (Lipinski definition) is 4. The van der Waals surface area contributed by atoms with E-state index in [0.717, 1.165) is 12.1 Å². The quantitative estimate of drug-likeness (QED) is 0.354. The summed E-state index contributed by atoms with van der Waals surface area (Å²) in [5, 5.41) is 27.3. The summed E-state index contributed by atoms with van der Waals surface area (Å²) < 4.78 is 0. The molecule has 0 aliphatic heterocycles. The molecule has 1 aliphatic carbocycles. The van der Waals surface area contributed by atoms with Crippen LogP contribution in [0.3, 0.4) is 0 Å². The number of carbonyl (C=O) groups excluding carboxylic acids is 2. The number of aromatic nitrogens is 2. The van der Waals surface area contributed by atoms with E-state index < -0.39 is 52.1 Å². The maximum absolute atomic E-state index is 12.1. The molecule has 0 amide bonds. The molecule has 0 atom stereocenters. The SMILES string of the molecule is O=C(O)c1cc(C(=O)O)c2c(n1)C(=O)C(=O)c1cc(C(=O)O)[nH]c1-2.[K].[K].[K]. The van der Waals surface area contributed by atoms with Gasteiger partial charge in [-0.3, -0.25) is 9.59 Å². The number of ketones is 2. The van der Waals surface area contributed by atoms with Gasteiger partial charge in [0, 0.05) is 160 Å². The fourth-order valence-electron chi connectivity index (χ4n) is 2.42. The molecule has 123 valence electrons. The van der Waals surface area contributed by atoms with Crippen LogP contribution in [0.1, 0.15) is 52.2 Å². The zero-order valence-electron chi connectivity index (χ0n) is 14.5. The maximum atomic E-state index is 12.1. The van der Waals surface area contributed by atoms with Gasteiger partial charge in [0.25, 0.3) is 5.78 Å². The Morgan fingerprint density at radius 2 is 1.44 bits per heavy atom. The summed E-state index contributed by atoms with van der Waals surface area (Å²) in [6, 6.07) is 1.65. The van der Waals surface area contributed by atoms with Crippen molar-refractivity contribution < 1.29 is 39.3 Å². The fraction of sp³-hybridized carbons (Fsp3) is 0. The zero-order valence-corrected chi connectivity index (χ0v) is 23.9. The first-order valence-electron chi connectivity index (χ1n) is 6.29. The minimum Gasteiger partial charge on any atom is -0.478 e. The minimum atomic E-state index is -1.58. The van der Waals surface area contributed by atoms with Crippen molar-refractivity contribution in [3.8, 4) is 11.3 Å². The first-order chi connectivity index (χ1) is 11.2. The molecule has 0 aromatic carbocycles. The third-order valence-corrected chi connectivity index (χ3v) is 3.43. The van der Waals surface area contributed by atoms with E-state index in [2.05, 4.69) is 9.97 Å². The van der Waals surface area contributed by atoms with Crippen LogP contribution < -0.4 is 0 Å². The molecule has 0 bridgehead atoms. The zero-order chi connectivity index (χ0) is 17.8. The molecule has 13 heteroatoms. The number of H-pyrrole nitrogens is 1. The van der Waals surface area contributed by atoms with E-state index in [1.165, 1.54) is 0 Å². The van der Waals surface area contributed by atoms with E-state index in [9.17, 15) is 29.1 Å². The Hall–Kier alpha value is 1.09. The molecule has 27 heavy (non-hydrogen) atoms. The smallest absolute Gasteiger partial charge is 0.354 e. The normalized spacial score (nSPS) is 11.1. The van der Waals surface area contributed by atoms with Gasteiger partial charge in [-0.25, -0.2) is 19.4 Å². The third kappa shape index (κ3) is 5.23. The van der Waals surface area contributed by atoms with Crippen molar-refractivity contribution in [2.75, 3.05) is 0 Å². The number of fused-ring (bicyclic) bond motifs is 3. The van der Waals surface area contributed by atoms with E-state index >= 15 is 0 Å². The number of rotatable bonds is 3. The number of aromatic amines is 1. The van der Waals surface area contributed by atoms with Crippen LogP contribution in [0.15, 0.2) is 12.1 Å². The van der Waals surface area contributed by atoms with Crippen LogP contribution in [-0.4, -0.2) is 209 Å². The number of carboxylic acid groups (broad SMARTS) is 3. The molecule has 3 radical (unpaired) electrons. The van der Waals surface area contributed by atoms with Gasteiger partial charge in [-0.05, 0) is 12.1 Å². The van der Waals surface area contributed by atoms with Crippen LogP contribution in [-0.2, 0) is 0 Å². The second kappa shape index (κ2) is 10.9. The molecular weight excluding hydrogens is 441 g/mol. The molecule has 0 fully saturated rings. The van der Waals surface area contributed by atoms with Gasteiger partial charge >= 0.3 is 17.9 Å². The van der Waals surface area contributed by atoms with Crippen molar-refractivity contribution in [3.63, 3.8) is 0 Å². The second-order valence-corrected chi connectivity index (χ2v) is 4.82. The number of nitrogens with zero attached hydrogens (tertiary/aromatic N) is 1. The monoisotopic (exact) mass is 447 g/mol. The number of carboxylic acids is 3. The van der Waals surface area contributed by atoms with E-state index in [1.807, 2.05) is 0 Å². The summed E-state index contributed by atoms with van der Waals surface area (Å²) in [4.78, 5) is 63.7. The Kier molecular flexibility index (Phi) is 11.4. The molecule has 2 heterocycles. The average molecular weight is 448 g/mol. The summed E-state index contributed by atoms with van der Waals surface area (Å²) in [6.07, 6.45) is 0. The van der Waals surface area contributed by atoms with E-state index in [-0.39, 0.29) is 171 Å². The predicted molar refractivity (Wildman–Crippen MR) is 90.8 cm³/mol. The largest absolute Gasteiger partial charge is 0.478 e. The summed E-state index contributed by atoms with van der Waals surface area (Å²) in [6.45, 7) is 0. The molecule has 10 nitrogen and oxygen atoms in total. The van der Waals surface area contributed by atoms with Crippen molar-refractivity contribution in [2.45, 2.75) is 0 Å². The van der Waals surface area contributed by atoms with Crippen LogP contribution in [0.2, 0.25) is 0 Å². The third-order valence-electron chi connectivity index (χ3n) is 3.43. The van der Waals surface area contributed by atoms with Crippen molar-refractivity contribution in [1.82, 2.24) is 9.97 Å². The van der Waals surface area contributed by atoms with Gasteiger partial charge < -0.3 is 20.3 Å². The number of aromatic carboxylic acids is 3. The van der Waals surface area contributed by atoms with Crippen LogP contribution in [0.5, 0.6) is 0 Å².